The van der Waals surface area contributed by atoms with Crippen molar-refractivity contribution in [3.05, 3.63) is 24.3 Å². The maximum Gasteiger partial charge on any atom is 0.175 e. The fraction of sp³-hybridized carbons (Fsp3) is 0.500. The molecule has 5 heteroatoms. The highest BCUT2D eigenvalue weighted by Crippen LogP contribution is 2.21. The Kier molecular flexibility index (Phi) is 5.49. The van der Waals surface area contributed by atoms with E-state index in [1.807, 2.05) is 19.2 Å². The SMILES string of the molecule is CCC(CSc1ccc(S(C)(=O)=O)cc1)NC. The molecule has 0 amide bonds. The van der Waals surface area contributed by atoms with Crippen LogP contribution in [0.2, 0.25) is 0 Å². The van der Waals surface area contributed by atoms with Crippen LogP contribution in [0.25, 0.3) is 0 Å². The van der Waals surface area contributed by atoms with Gasteiger partial charge in [0, 0.05) is 22.9 Å². The van der Waals surface area contributed by atoms with Crippen LogP contribution in [-0.4, -0.2) is 33.5 Å². The molecule has 0 saturated heterocycles. The first-order valence-electron chi connectivity index (χ1n) is 5.57. The molecule has 0 aliphatic heterocycles. The molecule has 0 radical (unpaired) electrons. The Bertz CT molecular complexity index is 436. The lowest BCUT2D eigenvalue weighted by molar-refractivity contribution is 0.601. The number of hydrogen-bond acceptors (Lipinski definition) is 4. The molecule has 0 saturated carbocycles. The topological polar surface area (TPSA) is 46.2 Å². The van der Waals surface area contributed by atoms with Crippen LogP contribution >= 0.6 is 11.8 Å². The molecule has 0 heterocycles. The Morgan fingerprint density at radius 3 is 2.29 bits per heavy atom. The average Bonchev–Trinajstić information content (AvgIpc) is 2.30. The summed E-state index contributed by atoms with van der Waals surface area (Å²) in [6.07, 6.45) is 2.31. The first-order chi connectivity index (χ1) is 7.97. The molecule has 1 unspecified atom stereocenters. The molecule has 0 aliphatic rings. The Balaban J connectivity index is 2.63. The third-order valence-electron chi connectivity index (χ3n) is 2.60. The summed E-state index contributed by atoms with van der Waals surface area (Å²) in [5.41, 5.74) is 0. The predicted octanol–water partition coefficient (Wildman–Crippen LogP) is 2.18. The second-order valence-electron chi connectivity index (χ2n) is 3.95. The van der Waals surface area contributed by atoms with Crippen LogP contribution in [-0.2, 0) is 9.84 Å². The molecule has 1 N–H and O–H groups in total. The fourth-order valence-electron chi connectivity index (χ4n) is 1.39. The molecule has 0 aromatic heterocycles. The number of rotatable bonds is 6. The quantitative estimate of drug-likeness (QED) is 0.807. The molecular weight excluding hydrogens is 254 g/mol. The second-order valence-corrected chi connectivity index (χ2v) is 7.06. The first-order valence-corrected chi connectivity index (χ1v) is 8.45. The number of hydrogen-bond donors (Lipinski definition) is 1. The normalized spacial score (nSPS) is 13.6. The van der Waals surface area contributed by atoms with Gasteiger partial charge in [-0.3, -0.25) is 0 Å². The minimum Gasteiger partial charge on any atom is -0.316 e. The third-order valence-corrected chi connectivity index (χ3v) is 4.91. The van der Waals surface area contributed by atoms with E-state index in [4.69, 9.17) is 0 Å². The Hall–Kier alpha value is -0.520. The van der Waals surface area contributed by atoms with Crippen LogP contribution in [0.4, 0.5) is 0 Å². The Morgan fingerprint density at radius 1 is 1.29 bits per heavy atom. The van der Waals surface area contributed by atoms with Crippen molar-refractivity contribution < 1.29 is 8.42 Å². The van der Waals surface area contributed by atoms with Gasteiger partial charge in [-0.2, -0.15) is 0 Å². The summed E-state index contributed by atoms with van der Waals surface area (Å²) < 4.78 is 22.6. The summed E-state index contributed by atoms with van der Waals surface area (Å²) in [6, 6.07) is 7.55. The van der Waals surface area contributed by atoms with Crippen molar-refractivity contribution in [2.75, 3.05) is 19.1 Å². The molecule has 0 fully saturated rings. The lowest BCUT2D eigenvalue weighted by Crippen LogP contribution is -2.26. The minimum atomic E-state index is -3.08. The molecule has 1 aromatic rings. The summed E-state index contributed by atoms with van der Waals surface area (Å²) in [7, 11) is -1.12. The van der Waals surface area contributed by atoms with Gasteiger partial charge < -0.3 is 5.32 Å². The zero-order valence-corrected chi connectivity index (χ0v) is 12.1. The van der Waals surface area contributed by atoms with E-state index in [-0.39, 0.29) is 0 Å². The minimum absolute atomic E-state index is 0.377. The number of benzene rings is 1. The summed E-state index contributed by atoms with van der Waals surface area (Å²) in [5.74, 6) is 0.991. The molecule has 0 spiro atoms. The largest absolute Gasteiger partial charge is 0.316 e. The highest BCUT2D eigenvalue weighted by Gasteiger charge is 2.07. The standard InChI is InChI=1S/C12H19NO2S2/c1-4-10(13-2)9-16-11-5-7-12(8-6-11)17(3,14)15/h5-8,10,13H,4,9H2,1-3H3. The van der Waals surface area contributed by atoms with Gasteiger partial charge in [0.25, 0.3) is 0 Å². The molecular formula is C12H19NO2S2. The molecule has 17 heavy (non-hydrogen) atoms. The molecule has 3 nitrogen and oxygen atoms in total. The van der Waals surface area contributed by atoms with Crippen molar-refractivity contribution in [1.82, 2.24) is 5.32 Å². The predicted molar refractivity (Wildman–Crippen MR) is 73.4 cm³/mol. The van der Waals surface area contributed by atoms with Gasteiger partial charge in [-0.1, -0.05) is 6.92 Å². The van der Waals surface area contributed by atoms with Crippen molar-refractivity contribution in [3.63, 3.8) is 0 Å². The van der Waals surface area contributed by atoms with E-state index < -0.39 is 9.84 Å². The van der Waals surface area contributed by atoms with E-state index in [1.165, 1.54) is 6.26 Å². The summed E-state index contributed by atoms with van der Waals surface area (Å²) >= 11 is 1.74. The highest BCUT2D eigenvalue weighted by molar-refractivity contribution is 7.99. The van der Waals surface area contributed by atoms with Gasteiger partial charge >= 0.3 is 0 Å². The van der Waals surface area contributed by atoms with Crippen molar-refractivity contribution in [1.29, 1.82) is 0 Å². The molecule has 0 aliphatic carbocycles. The number of thioether (sulfide) groups is 1. The Morgan fingerprint density at radius 2 is 1.88 bits per heavy atom. The average molecular weight is 273 g/mol. The second kappa shape index (κ2) is 6.42. The third kappa shape index (κ3) is 4.69. The maximum atomic E-state index is 11.3. The Labute approximate surface area is 108 Å². The number of sulfone groups is 1. The van der Waals surface area contributed by atoms with Crippen molar-refractivity contribution in [2.45, 2.75) is 29.2 Å². The van der Waals surface area contributed by atoms with E-state index in [1.54, 1.807) is 23.9 Å². The zero-order chi connectivity index (χ0) is 12.9. The molecule has 1 rings (SSSR count). The van der Waals surface area contributed by atoms with Crippen LogP contribution in [0.15, 0.2) is 34.1 Å². The maximum absolute atomic E-state index is 11.3. The van der Waals surface area contributed by atoms with Gasteiger partial charge in [-0.05, 0) is 37.7 Å². The molecule has 1 aromatic carbocycles. The van der Waals surface area contributed by atoms with E-state index >= 15 is 0 Å². The summed E-state index contributed by atoms with van der Waals surface area (Å²) in [6.45, 7) is 2.15. The first kappa shape index (κ1) is 14.5. The van der Waals surface area contributed by atoms with Crippen LogP contribution in [0.1, 0.15) is 13.3 Å². The summed E-state index contributed by atoms with van der Waals surface area (Å²) in [4.78, 5) is 1.48. The smallest absolute Gasteiger partial charge is 0.175 e. The van der Waals surface area contributed by atoms with E-state index in [2.05, 4.69) is 12.2 Å². The van der Waals surface area contributed by atoms with Gasteiger partial charge in [-0.25, -0.2) is 8.42 Å². The van der Waals surface area contributed by atoms with E-state index in [0.717, 1.165) is 17.1 Å². The highest BCUT2D eigenvalue weighted by atomic mass is 32.2. The lowest BCUT2D eigenvalue weighted by Gasteiger charge is -2.12. The summed E-state index contributed by atoms with van der Waals surface area (Å²) in [5, 5.41) is 3.24. The van der Waals surface area contributed by atoms with Crippen LogP contribution in [0.3, 0.4) is 0 Å². The molecule has 96 valence electrons. The monoisotopic (exact) mass is 273 g/mol. The van der Waals surface area contributed by atoms with Gasteiger partial charge in [0.05, 0.1) is 4.90 Å². The van der Waals surface area contributed by atoms with E-state index in [9.17, 15) is 8.42 Å². The van der Waals surface area contributed by atoms with Crippen molar-refractivity contribution >= 4 is 21.6 Å². The molecule has 0 bridgehead atoms. The van der Waals surface area contributed by atoms with E-state index in [0.29, 0.717) is 10.9 Å². The van der Waals surface area contributed by atoms with Crippen LogP contribution in [0, 0.1) is 0 Å². The number of nitrogens with one attached hydrogen (secondary N) is 1. The van der Waals surface area contributed by atoms with Crippen LogP contribution < -0.4 is 5.32 Å². The van der Waals surface area contributed by atoms with Gasteiger partial charge in [-0.15, -0.1) is 11.8 Å². The van der Waals surface area contributed by atoms with Crippen LogP contribution in [0.5, 0.6) is 0 Å². The lowest BCUT2D eigenvalue weighted by atomic mass is 10.3. The molecule has 1 atom stereocenters. The van der Waals surface area contributed by atoms with Gasteiger partial charge in [0.15, 0.2) is 9.84 Å². The van der Waals surface area contributed by atoms with Gasteiger partial charge in [0.1, 0.15) is 0 Å². The van der Waals surface area contributed by atoms with Crippen molar-refractivity contribution in [3.8, 4) is 0 Å². The zero-order valence-electron chi connectivity index (χ0n) is 10.4. The van der Waals surface area contributed by atoms with Crippen molar-refractivity contribution in [2.24, 2.45) is 0 Å². The van der Waals surface area contributed by atoms with Gasteiger partial charge in [0.2, 0.25) is 0 Å². The fourth-order valence-corrected chi connectivity index (χ4v) is 3.14.